The van der Waals surface area contributed by atoms with Gasteiger partial charge in [0.1, 0.15) is 0 Å². The fraction of sp³-hybridized carbons (Fsp3) is 0.583. The van der Waals surface area contributed by atoms with Crippen LogP contribution in [0.2, 0.25) is 0 Å². The van der Waals surface area contributed by atoms with E-state index in [4.69, 9.17) is 0 Å². The van der Waals surface area contributed by atoms with Crippen molar-refractivity contribution in [1.29, 1.82) is 0 Å². The van der Waals surface area contributed by atoms with Crippen molar-refractivity contribution in [2.24, 2.45) is 11.8 Å². The molecule has 1 N–H and O–H groups in total. The largest absolute Gasteiger partial charge is 0.334 e. The predicted octanol–water partition coefficient (Wildman–Crippen LogP) is 0.855. The highest BCUT2D eigenvalue weighted by molar-refractivity contribution is 7.12. The lowest BCUT2D eigenvalue weighted by Gasteiger charge is -2.40. The molecule has 2 bridgehead atoms. The van der Waals surface area contributed by atoms with Crippen LogP contribution < -0.4 is 4.90 Å². The van der Waals surface area contributed by atoms with Crippen LogP contribution in [0, 0.1) is 11.8 Å². The second-order valence-electron chi connectivity index (χ2n) is 4.74. The Balaban J connectivity index is 1.80. The van der Waals surface area contributed by atoms with Crippen molar-refractivity contribution in [2.45, 2.75) is 12.8 Å². The molecule has 0 saturated carbocycles. The smallest absolute Gasteiger partial charge is 0.181 e. The third kappa shape index (κ3) is 1.64. The molecule has 3 aliphatic rings. The van der Waals surface area contributed by atoms with Crippen molar-refractivity contribution < 1.29 is 9.69 Å². The fourth-order valence-electron chi connectivity index (χ4n) is 3.04. The number of quaternary nitrogens is 1. The van der Waals surface area contributed by atoms with Gasteiger partial charge in [-0.25, -0.2) is 0 Å². The van der Waals surface area contributed by atoms with Gasteiger partial charge in [-0.15, -0.1) is 11.3 Å². The molecule has 0 amide bonds. The SMILES string of the molecule is O=C(c1cccs1)[C@@H]1C[NH+]2CCC1CC2. The zero-order chi connectivity index (χ0) is 10.3. The van der Waals surface area contributed by atoms with Crippen LogP contribution in [0.5, 0.6) is 0 Å². The summed E-state index contributed by atoms with van der Waals surface area (Å²) in [4.78, 5) is 14.9. The van der Waals surface area contributed by atoms with Gasteiger partial charge >= 0.3 is 0 Å². The fourth-order valence-corrected chi connectivity index (χ4v) is 3.77. The van der Waals surface area contributed by atoms with Crippen molar-refractivity contribution in [3.63, 3.8) is 0 Å². The first kappa shape index (κ1) is 9.55. The molecule has 0 aromatic carbocycles. The molecular formula is C12H16NOS+. The van der Waals surface area contributed by atoms with E-state index in [1.807, 2.05) is 17.5 Å². The van der Waals surface area contributed by atoms with Gasteiger partial charge in [-0.1, -0.05) is 6.07 Å². The first-order valence-electron chi connectivity index (χ1n) is 5.76. The Labute approximate surface area is 93.9 Å². The highest BCUT2D eigenvalue weighted by Gasteiger charge is 2.41. The van der Waals surface area contributed by atoms with Gasteiger partial charge in [0.15, 0.2) is 5.78 Å². The minimum absolute atomic E-state index is 0.321. The van der Waals surface area contributed by atoms with E-state index in [1.165, 1.54) is 25.9 Å². The molecule has 80 valence electrons. The van der Waals surface area contributed by atoms with E-state index in [0.717, 1.165) is 11.4 Å². The third-order valence-electron chi connectivity index (χ3n) is 3.92. The Morgan fingerprint density at radius 1 is 1.40 bits per heavy atom. The molecule has 3 heteroatoms. The molecule has 0 spiro atoms. The summed E-state index contributed by atoms with van der Waals surface area (Å²) in [5.74, 6) is 1.41. The number of rotatable bonds is 2. The number of hydrogen-bond donors (Lipinski definition) is 1. The highest BCUT2D eigenvalue weighted by atomic mass is 32.1. The Morgan fingerprint density at radius 2 is 2.20 bits per heavy atom. The zero-order valence-corrected chi connectivity index (χ0v) is 9.56. The van der Waals surface area contributed by atoms with Crippen LogP contribution in [0.3, 0.4) is 0 Å². The predicted molar refractivity (Wildman–Crippen MR) is 60.4 cm³/mol. The quantitative estimate of drug-likeness (QED) is 0.736. The number of nitrogens with one attached hydrogen (secondary N) is 1. The van der Waals surface area contributed by atoms with E-state index in [9.17, 15) is 4.79 Å². The molecule has 3 saturated heterocycles. The minimum Gasteiger partial charge on any atom is -0.334 e. The van der Waals surface area contributed by atoms with Gasteiger partial charge in [-0.3, -0.25) is 4.79 Å². The molecule has 3 fully saturated rings. The van der Waals surface area contributed by atoms with E-state index >= 15 is 0 Å². The van der Waals surface area contributed by atoms with Gasteiger partial charge in [0, 0.05) is 12.8 Å². The summed E-state index contributed by atoms with van der Waals surface area (Å²) in [6.07, 6.45) is 2.52. The first-order valence-corrected chi connectivity index (χ1v) is 6.64. The van der Waals surface area contributed by atoms with Crippen molar-refractivity contribution in [2.75, 3.05) is 19.6 Å². The monoisotopic (exact) mass is 222 g/mol. The van der Waals surface area contributed by atoms with Crippen molar-refractivity contribution in [3.05, 3.63) is 22.4 Å². The lowest BCUT2D eigenvalue weighted by molar-refractivity contribution is -0.919. The van der Waals surface area contributed by atoms with E-state index in [0.29, 0.717) is 17.6 Å². The summed E-state index contributed by atoms with van der Waals surface area (Å²) in [7, 11) is 0. The Morgan fingerprint density at radius 3 is 2.73 bits per heavy atom. The summed E-state index contributed by atoms with van der Waals surface area (Å²) >= 11 is 1.59. The average Bonchev–Trinajstić information content (AvgIpc) is 2.83. The van der Waals surface area contributed by atoms with Crippen LogP contribution in [-0.4, -0.2) is 25.4 Å². The van der Waals surface area contributed by atoms with Crippen LogP contribution in [0.4, 0.5) is 0 Å². The van der Waals surface area contributed by atoms with Gasteiger partial charge in [-0.05, 0) is 17.4 Å². The summed E-state index contributed by atoms with van der Waals surface area (Å²) < 4.78 is 0. The van der Waals surface area contributed by atoms with Crippen LogP contribution in [0.1, 0.15) is 22.5 Å². The average molecular weight is 222 g/mol. The maximum atomic E-state index is 12.2. The maximum Gasteiger partial charge on any atom is 0.181 e. The number of thiophene rings is 1. The molecule has 1 aromatic rings. The van der Waals surface area contributed by atoms with E-state index in [-0.39, 0.29) is 0 Å². The number of fused-ring (bicyclic) bond motifs is 3. The zero-order valence-electron chi connectivity index (χ0n) is 8.74. The van der Waals surface area contributed by atoms with Crippen LogP contribution >= 0.6 is 11.3 Å². The molecule has 3 aliphatic heterocycles. The topological polar surface area (TPSA) is 21.5 Å². The molecule has 1 aromatic heterocycles. The Hall–Kier alpha value is -0.670. The van der Waals surface area contributed by atoms with Gasteiger partial charge in [0.2, 0.25) is 0 Å². The molecule has 4 rings (SSSR count). The molecule has 15 heavy (non-hydrogen) atoms. The molecule has 4 heterocycles. The summed E-state index contributed by atoms with van der Waals surface area (Å²) in [5.41, 5.74) is 0. The molecule has 0 aliphatic carbocycles. The standard InChI is InChI=1S/C12H15NOS/c14-12(11-2-1-7-15-11)10-8-13-5-3-9(10)4-6-13/h1-2,7,9-10H,3-6,8H2/p+1/t10-/m1/s1. The minimum atomic E-state index is 0.321. The number of hydrogen-bond acceptors (Lipinski definition) is 2. The molecule has 1 atom stereocenters. The van der Waals surface area contributed by atoms with Gasteiger partial charge in [0.25, 0.3) is 0 Å². The second kappa shape index (κ2) is 3.72. The normalized spacial score (nSPS) is 34.3. The number of carbonyl (C=O) groups is 1. The van der Waals surface area contributed by atoms with Gasteiger partial charge < -0.3 is 4.90 Å². The van der Waals surface area contributed by atoms with Crippen molar-refractivity contribution >= 4 is 17.1 Å². The van der Waals surface area contributed by atoms with Crippen LogP contribution in [0.15, 0.2) is 17.5 Å². The van der Waals surface area contributed by atoms with E-state index in [2.05, 4.69) is 0 Å². The molecular weight excluding hydrogens is 206 g/mol. The van der Waals surface area contributed by atoms with Crippen molar-refractivity contribution in [1.82, 2.24) is 0 Å². The van der Waals surface area contributed by atoms with Crippen LogP contribution in [0.25, 0.3) is 0 Å². The molecule has 2 nitrogen and oxygen atoms in total. The van der Waals surface area contributed by atoms with E-state index in [1.54, 1.807) is 16.2 Å². The maximum absolute atomic E-state index is 12.2. The Kier molecular flexibility index (Phi) is 2.37. The number of carbonyl (C=O) groups excluding carboxylic acids is 1. The molecule has 0 radical (unpaired) electrons. The number of piperidine rings is 3. The Bertz CT molecular complexity index is 352. The second-order valence-corrected chi connectivity index (χ2v) is 5.69. The van der Waals surface area contributed by atoms with Gasteiger partial charge in [0.05, 0.1) is 30.4 Å². The van der Waals surface area contributed by atoms with Gasteiger partial charge in [-0.2, -0.15) is 0 Å². The van der Waals surface area contributed by atoms with Crippen LogP contribution in [-0.2, 0) is 0 Å². The first-order chi connectivity index (χ1) is 7.34. The summed E-state index contributed by atoms with van der Waals surface area (Å²) in [5, 5.41) is 2.00. The van der Waals surface area contributed by atoms with Crippen molar-refractivity contribution in [3.8, 4) is 0 Å². The lowest BCUT2D eigenvalue weighted by atomic mass is 9.76. The third-order valence-corrected chi connectivity index (χ3v) is 4.80. The van der Waals surface area contributed by atoms with E-state index < -0.39 is 0 Å². The lowest BCUT2D eigenvalue weighted by Crippen LogP contribution is -3.16. The summed E-state index contributed by atoms with van der Waals surface area (Å²) in [6, 6.07) is 3.95. The number of Topliss-reactive ketones (excluding diaryl/α,β-unsaturated/α-hetero) is 1. The highest BCUT2D eigenvalue weighted by Crippen LogP contribution is 2.28. The number of ketones is 1. The summed E-state index contributed by atoms with van der Waals surface area (Å²) in [6.45, 7) is 3.67. The molecule has 0 unspecified atom stereocenters.